The van der Waals surface area contributed by atoms with E-state index in [1.54, 1.807) is 6.07 Å². The van der Waals surface area contributed by atoms with E-state index in [9.17, 15) is 9.59 Å². The largest absolute Gasteiger partial charge is 0.448 e. The molecule has 2 aromatic carbocycles. The Morgan fingerprint density at radius 2 is 2.00 bits per heavy atom. The van der Waals surface area contributed by atoms with Crippen molar-refractivity contribution in [2.45, 2.75) is 39.7 Å². The molecule has 1 N–H and O–H groups in total. The fourth-order valence-corrected chi connectivity index (χ4v) is 2.90. The van der Waals surface area contributed by atoms with E-state index in [0.717, 1.165) is 34.4 Å². The minimum Gasteiger partial charge on any atom is -0.448 e. The van der Waals surface area contributed by atoms with Crippen molar-refractivity contribution in [2.24, 2.45) is 0 Å². The first-order valence-corrected chi connectivity index (χ1v) is 8.19. The maximum Gasteiger partial charge on any atom is 0.339 e. The van der Waals surface area contributed by atoms with E-state index in [1.165, 1.54) is 0 Å². The molecule has 0 spiro atoms. The maximum absolute atomic E-state index is 12.6. The summed E-state index contributed by atoms with van der Waals surface area (Å²) in [7, 11) is 0. The highest BCUT2D eigenvalue weighted by Crippen LogP contribution is 2.24. The topological polar surface area (TPSA) is 55.4 Å². The highest BCUT2D eigenvalue weighted by Gasteiger charge is 2.31. The molecule has 0 aliphatic carbocycles. The number of anilines is 1. The number of carbonyl (C=O) groups excluding carboxylic acids is 2. The summed E-state index contributed by atoms with van der Waals surface area (Å²) in [6, 6.07) is 11.6. The molecule has 0 radical (unpaired) electrons. The van der Waals surface area contributed by atoms with E-state index in [1.807, 2.05) is 44.2 Å². The molecule has 124 valence electrons. The summed E-state index contributed by atoms with van der Waals surface area (Å²) in [4.78, 5) is 24.7. The molecule has 1 unspecified atom stereocenters. The first kappa shape index (κ1) is 16.2. The van der Waals surface area contributed by atoms with E-state index < -0.39 is 12.1 Å². The maximum atomic E-state index is 12.6. The van der Waals surface area contributed by atoms with Crippen LogP contribution in [0.15, 0.2) is 36.4 Å². The standard InChI is InChI=1S/C20H21NO3/c1-4-14-7-8-16-15(10-14)11-18(24-20(16)23)19(22)21-17-9-12(2)5-6-13(17)3/h5-10,18H,4,11H2,1-3H3,(H,21,22). The Morgan fingerprint density at radius 3 is 2.75 bits per heavy atom. The molecule has 4 nitrogen and oxygen atoms in total. The highest BCUT2D eigenvalue weighted by molar-refractivity contribution is 6.00. The van der Waals surface area contributed by atoms with Crippen LogP contribution in [0.4, 0.5) is 5.69 Å². The van der Waals surface area contributed by atoms with Crippen molar-refractivity contribution in [3.63, 3.8) is 0 Å². The third-order valence-electron chi connectivity index (χ3n) is 4.40. The molecule has 24 heavy (non-hydrogen) atoms. The van der Waals surface area contributed by atoms with Gasteiger partial charge in [-0.25, -0.2) is 4.79 Å². The zero-order chi connectivity index (χ0) is 17.3. The molecule has 0 aromatic heterocycles. The van der Waals surface area contributed by atoms with Gasteiger partial charge >= 0.3 is 5.97 Å². The number of esters is 1. The lowest BCUT2D eigenvalue weighted by Crippen LogP contribution is -2.38. The lowest BCUT2D eigenvalue weighted by Gasteiger charge is -2.24. The monoisotopic (exact) mass is 323 g/mol. The summed E-state index contributed by atoms with van der Waals surface area (Å²) in [6.07, 6.45) is 0.504. The van der Waals surface area contributed by atoms with Crippen molar-refractivity contribution in [3.05, 3.63) is 64.2 Å². The third kappa shape index (κ3) is 3.18. The van der Waals surface area contributed by atoms with Crippen molar-refractivity contribution in [3.8, 4) is 0 Å². The van der Waals surface area contributed by atoms with Crippen LogP contribution in [-0.4, -0.2) is 18.0 Å². The zero-order valence-electron chi connectivity index (χ0n) is 14.2. The first-order valence-electron chi connectivity index (χ1n) is 8.19. The van der Waals surface area contributed by atoms with Crippen LogP contribution in [0.1, 0.15) is 39.5 Å². The molecule has 1 aliphatic rings. The van der Waals surface area contributed by atoms with E-state index >= 15 is 0 Å². The number of aryl methyl sites for hydroxylation is 3. The van der Waals surface area contributed by atoms with Gasteiger partial charge in [-0.2, -0.15) is 0 Å². The van der Waals surface area contributed by atoms with Gasteiger partial charge < -0.3 is 10.1 Å². The number of benzene rings is 2. The molecular weight excluding hydrogens is 302 g/mol. The molecule has 4 heteroatoms. The molecule has 0 fully saturated rings. The van der Waals surface area contributed by atoms with Gasteiger partial charge in [0, 0.05) is 12.1 Å². The van der Waals surface area contributed by atoms with Crippen LogP contribution in [0.2, 0.25) is 0 Å². The Hall–Kier alpha value is -2.62. The molecule has 1 heterocycles. The van der Waals surface area contributed by atoms with Gasteiger partial charge in [-0.1, -0.05) is 31.2 Å². The smallest absolute Gasteiger partial charge is 0.339 e. The van der Waals surface area contributed by atoms with Gasteiger partial charge in [0.05, 0.1) is 5.56 Å². The molecule has 1 aliphatic heterocycles. The summed E-state index contributed by atoms with van der Waals surface area (Å²) in [6.45, 7) is 5.97. The molecule has 0 saturated carbocycles. The van der Waals surface area contributed by atoms with Crippen LogP contribution < -0.4 is 5.32 Å². The number of nitrogens with one attached hydrogen (secondary N) is 1. The molecule has 1 amide bonds. The predicted molar refractivity (Wildman–Crippen MR) is 93.3 cm³/mol. The van der Waals surface area contributed by atoms with Crippen LogP contribution in [0.3, 0.4) is 0 Å². The molecular formula is C20H21NO3. The summed E-state index contributed by atoms with van der Waals surface area (Å²) >= 11 is 0. The van der Waals surface area contributed by atoms with E-state index in [0.29, 0.717) is 12.0 Å². The van der Waals surface area contributed by atoms with Crippen LogP contribution in [0.25, 0.3) is 0 Å². The van der Waals surface area contributed by atoms with E-state index in [2.05, 4.69) is 12.2 Å². The van der Waals surface area contributed by atoms with Crippen LogP contribution in [0, 0.1) is 13.8 Å². The number of amides is 1. The minimum absolute atomic E-state index is 0.287. The Morgan fingerprint density at radius 1 is 1.21 bits per heavy atom. The Bertz CT molecular complexity index is 811. The predicted octanol–water partition coefficient (Wildman–Crippen LogP) is 3.59. The van der Waals surface area contributed by atoms with Crippen LogP contribution in [-0.2, 0) is 22.4 Å². The number of carbonyl (C=O) groups is 2. The van der Waals surface area contributed by atoms with Gasteiger partial charge in [0.15, 0.2) is 6.10 Å². The van der Waals surface area contributed by atoms with Crippen LogP contribution in [0.5, 0.6) is 0 Å². The number of hydrogen-bond acceptors (Lipinski definition) is 3. The van der Waals surface area contributed by atoms with Gasteiger partial charge in [-0.15, -0.1) is 0 Å². The normalized spacial score (nSPS) is 16.3. The van der Waals surface area contributed by atoms with Crippen molar-refractivity contribution in [2.75, 3.05) is 5.32 Å². The van der Waals surface area contributed by atoms with Crippen LogP contribution >= 0.6 is 0 Å². The average Bonchev–Trinajstić information content (AvgIpc) is 2.57. The highest BCUT2D eigenvalue weighted by atomic mass is 16.5. The number of rotatable bonds is 3. The Balaban J connectivity index is 1.81. The third-order valence-corrected chi connectivity index (χ3v) is 4.40. The lowest BCUT2D eigenvalue weighted by molar-refractivity contribution is -0.125. The summed E-state index contributed by atoms with van der Waals surface area (Å²) < 4.78 is 5.34. The second-order valence-corrected chi connectivity index (χ2v) is 6.25. The first-order chi connectivity index (χ1) is 11.5. The van der Waals surface area contributed by atoms with Crippen molar-refractivity contribution in [1.29, 1.82) is 0 Å². The Kier molecular flexibility index (Phi) is 4.38. The fourth-order valence-electron chi connectivity index (χ4n) is 2.90. The number of cyclic esters (lactones) is 1. The zero-order valence-corrected chi connectivity index (χ0v) is 14.2. The SMILES string of the molecule is CCc1ccc2c(c1)CC(C(=O)Nc1cc(C)ccc1C)OC2=O. The summed E-state index contributed by atoms with van der Waals surface area (Å²) in [5.41, 5.74) is 5.38. The van der Waals surface area contributed by atoms with Crippen molar-refractivity contribution in [1.82, 2.24) is 0 Å². The van der Waals surface area contributed by atoms with Crippen molar-refractivity contribution >= 4 is 17.6 Å². The molecule has 0 bridgehead atoms. The Labute approximate surface area is 141 Å². The molecule has 1 atom stereocenters. The molecule has 3 rings (SSSR count). The lowest BCUT2D eigenvalue weighted by atomic mass is 9.95. The van der Waals surface area contributed by atoms with E-state index in [-0.39, 0.29) is 5.91 Å². The summed E-state index contributed by atoms with van der Waals surface area (Å²) in [5.74, 6) is -0.718. The van der Waals surface area contributed by atoms with Gasteiger partial charge in [0.25, 0.3) is 5.91 Å². The van der Waals surface area contributed by atoms with Gasteiger partial charge in [0.1, 0.15) is 0 Å². The van der Waals surface area contributed by atoms with Gasteiger partial charge in [-0.05, 0) is 54.7 Å². The molecule has 2 aromatic rings. The number of fused-ring (bicyclic) bond motifs is 1. The second kappa shape index (κ2) is 6.48. The number of hydrogen-bond donors (Lipinski definition) is 1. The van der Waals surface area contributed by atoms with Gasteiger partial charge in [-0.3, -0.25) is 4.79 Å². The van der Waals surface area contributed by atoms with E-state index in [4.69, 9.17) is 4.74 Å². The average molecular weight is 323 g/mol. The fraction of sp³-hybridized carbons (Fsp3) is 0.300. The quantitative estimate of drug-likeness (QED) is 0.878. The van der Waals surface area contributed by atoms with Gasteiger partial charge in [0.2, 0.25) is 0 Å². The summed E-state index contributed by atoms with van der Waals surface area (Å²) in [5, 5.41) is 2.88. The second-order valence-electron chi connectivity index (χ2n) is 6.25. The number of ether oxygens (including phenoxy) is 1. The minimum atomic E-state index is -0.794. The van der Waals surface area contributed by atoms with Crippen molar-refractivity contribution < 1.29 is 14.3 Å². The molecule has 0 saturated heterocycles.